The summed E-state index contributed by atoms with van der Waals surface area (Å²) >= 11 is 0. The van der Waals surface area contributed by atoms with Gasteiger partial charge in [-0.3, -0.25) is 4.79 Å². The molecule has 2 rings (SSSR count). The Labute approximate surface area is 120 Å². The SMILES string of the molecule is COCc1cccc(CNC2CCC(C(N)=O)CC2)c1. The van der Waals surface area contributed by atoms with Crippen LogP contribution < -0.4 is 11.1 Å². The van der Waals surface area contributed by atoms with Crippen LogP contribution in [-0.4, -0.2) is 19.1 Å². The quantitative estimate of drug-likeness (QED) is 0.835. The first-order valence-electron chi connectivity index (χ1n) is 7.28. The smallest absolute Gasteiger partial charge is 0.220 e. The van der Waals surface area contributed by atoms with E-state index in [0.717, 1.165) is 32.2 Å². The number of nitrogens with one attached hydrogen (secondary N) is 1. The van der Waals surface area contributed by atoms with Crippen LogP contribution in [0.4, 0.5) is 0 Å². The fourth-order valence-electron chi connectivity index (χ4n) is 2.84. The van der Waals surface area contributed by atoms with Gasteiger partial charge < -0.3 is 15.8 Å². The summed E-state index contributed by atoms with van der Waals surface area (Å²) in [4.78, 5) is 11.1. The first-order valence-corrected chi connectivity index (χ1v) is 7.28. The number of hydrogen-bond acceptors (Lipinski definition) is 3. The molecule has 1 aliphatic carbocycles. The summed E-state index contributed by atoms with van der Waals surface area (Å²) in [6.07, 6.45) is 3.89. The number of nitrogens with two attached hydrogens (primary N) is 1. The van der Waals surface area contributed by atoms with Crippen molar-refractivity contribution in [3.63, 3.8) is 0 Å². The summed E-state index contributed by atoms with van der Waals surface area (Å²) in [7, 11) is 1.71. The summed E-state index contributed by atoms with van der Waals surface area (Å²) < 4.78 is 5.15. The summed E-state index contributed by atoms with van der Waals surface area (Å²) in [5, 5.41) is 3.57. The van der Waals surface area contributed by atoms with E-state index in [1.54, 1.807) is 7.11 Å². The molecule has 0 aliphatic heterocycles. The van der Waals surface area contributed by atoms with Gasteiger partial charge in [-0.25, -0.2) is 0 Å². The Kier molecular flexibility index (Phi) is 5.56. The van der Waals surface area contributed by atoms with Gasteiger partial charge in [-0.05, 0) is 36.8 Å². The maximum absolute atomic E-state index is 11.1. The number of carbonyl (C=O) groups excluding carboxylic acids is 1. The van der Waals surface area contributed by atoms with Crippen molar-refractivity contribution in [2.75, 3.05) is 7.11 Å². The minimum atomic E-state index is -0.143. The van der Waals surface area contributed by atoms with Gasteiger partial charge in [0.25, 0.3) is 0 Å². The van der Waals surface area contributed by atoms with Crippen LogP contribution in [-0.2, 0) is 22.7 Å². The lowest BCUT2D eigenvalue weighted by Gasteiger charge is -2.27. The predicted molar refractivity (Wildman–Crippen MR) is 78.9 cm³/mol. The summed E-state index contributed by atoms with van der Waals surface area (Å²) in [5.74, 6) is -0.0613. The van der Waals surface area contributed by atoms with Crippen molar-refractivity contribution in [1.82, 2.24) is 5.32 Å². The van der Waals surface area contributed by atoms with Crippen LogP contribution in [0.15, 0.2) is 24.3 Å². The molecule has 1 amide bonds. The zero-order valence-electron chi connectivity index (χ0n) is 12.1. The van der Waals surface area contributed by atoms with Crippen molar-refractivity contribution in [2.24, 2.45) is 11.7 Å². The zero-order valence-corrected chi connectivity index (χ0v) is 12.1. The fraction of sp³-hybridized carbons (Fsp3) is 0.562. The monoisotopic (exact) mass is 276 g/mol. The van der Waals surface area contributed by atoms with Crippen LogP contribution >= 0.6 is 0 Å². The van der Waals surface area contributed by atoms with Gasteiger partial charge in [0.1, 0.15) is 0 Å². The van der Waals surface area contributed by atoms with Crippen LogP contribution in [0.25, 0.3) is 0 Å². The highest BCUT2D eigenvalue weighted by Gasteiger charge is 2.24. The number of ether oxygens (including phenoxy) is 1. The molecule has 0 unspecified atom stereocenters. The Morgan fingerprint density at radius 3 is 2.65 bits per heavy atom. The molecule has 0 saturated heterocycles. The predicted octanol–water partition coefficient (Wildman–Crippen LogP) is 1.97. The molecule has 1 aromatic rings. The Balaban J connectivity index is 1.78. The number of amides is 1. The molecule has 1 aliphatic rings. The van der Waals surface area contributed by atoms with Crippen molar-refractivity contribution < 1.29 is 9.53 Å². The highest BCUT2D eigenvalue weighted by molar-refractivity contribution is 5.76. The first kappa shape index (κ1) is 15.0. The number of hydrogen-bond donors (Lipinski definition) is 2. The second-order valence-electron chi connectivity index (χ2n) is 5.58. The lowest BCUT2D eigenvalue weighted by atomic mass is 9.85. The second kappa shape index (κ2) is 7.41. The molecule has 20 heavy (non-hydrogen) atoms. The molecule has 0 atom stereocenters. The maximum atomic E-state index is 11.1. The Hall–Kier alpha value is -1.39. The molecule has 0 spiro atoms. The second-order valence-corrected chi connectivity index (χ2v) is 5.58. The van der Waals surface area contributed by atoms with Gasteiger partial charge in [0.05, 0.1) is 6.61 Å². The summed E-state index contributed by atoms with van der Waals surface area (Å²) in [6.45, 7) is 1.51. The van der Waals surface area contributed by atoms with Gasteiger partial charge >= 0.3 is 0 Å². The van der Waals surface area contributed by atoms with E-state index in [1.165, 1.54) is 11.1 Å². The third kappa shape index (κ3) is 4.32. The molecule has 0 heterocycles. The highest BCUT2D eigenvalue weighted by atomic mass is 16.5. The minimum Gasteiger partial charge on any atom is -0.380 e. The van der Waals surface area contributed by atoms with Crippen molar-refractivity contribution in [3.8, 4) is 0 Å². The lowest BCUT2D eigenvalue weighted by Crippen LogP contribution is -2.36. The van der Waals surface area contributed by atoms with Crippen LogP contribution in [0.2, 0.25) is 0 Å². The lowest BCUT2D eigenvalue weighted by molar-refractivity contribution is -0.122. The van der Waals surface area contributed by atoms with Gasteiger partial charge in [0.15, 0.2) is 0 Å². The van der Waals surface area contributed by atoms with E-state index in [0.29, 0.717) is 12.6 Å². The number of benzene rings is 1. The number of methoxy groups -OCH3 is 1. The zero-order chi connectivity index (χ0) is 14.4. The normalized spacial score (nSPS) is 22.6. The molecule has 1 saturated carbocycles. The standard InChI is InChI=1S/C16H24N2O2/c1-20-11-13-4-2-3-12(9-13)10-18-15-7-5-14(6-8-15)16(17)19/h2-4,9,14-15,18H,5-8,10-11H2,1H3,(H2,17,19). The molecule has 0 bridgehead atoms. The Morgan fingerprint density at radius 1 is 1.30 bits per heavy atom. The molecule has 1 fully saturated rings. The molecule has 1 aromatic carbocycles. The molecule has 4 heteroatoms. The van der Waals surface area contributed by atoms with Crippen LogP contribution in [0.3, 0.4) is 0 Å². The van der Waals surface area contributed by atoms with Gasteiger partial charge in [0.2, 0.25) is 5.91 Å². The molecule has 110 valence electrons. The van der Waals surface area contributed by atoms with E-state index in [9.17, 15) is 4.79 Å². The van der Waals surface area contributed by atoms with E-state index >= 15 is 0 Å². The van der Waals surface area contributed by atoms with E-state index in [1.807, 2.05) is 0 Å². The highest BCUT2D eigenvalue weighted by Crippen LogP contribution is 2.24. The van der Waals surface area contributed by atoms with Gasteiger partial charge in [0, 0.05) is 25.6 Å². The summed E-state index contributed by atoms with van der Waals surface area (Å²) in [5.41, 5.74) is 7.82. The first-order chi connectivity index (χ1) is 9.69. The summed E-state index contributed by atoms with van der Waals surface area (Å²) in [6, 6.07) is 8.93. The number of primary amides is 1. The molecule has 0 radical (unpaired) electrons. The third-order valence-electron chi connectivity index (χ3n) is 4.03. The fourth-order valence-corrected chi connectivity index (χ4v) is 2.84. The average molecular weight is 276 g/mol. The van der Waals surface area contributed by atoms with E-state index in [2.05, 4.69) is 29.6 Å². The Bertz CT molecular complexity index is 440. The topological polar surface area (TPSA) is 64.3 Å². The van der Waals surface area contributed by atoms with E-state index < -0.39 is 0 Å². The van der Waals surface area contributed by atoms with Crippen molar-refractivity contribution in [3.05, 3.63) is 35.4 Å². The van der Waals surface area contributed by atoms with Gasteiger partial charge in [-0.2, -0.15) is 0 Å². The molecular weight excluding hydrogens is 252 g/mol. The number of rotatable bonds is 6. The number of carbonyl (C=O) groups is 1. The third-order valence-corrected chi connectivity index (χ3v) is 4.03. The van der Waals surface area contributed by atoms with E-state index in [4.69, 9.17) is 10.5 Å². The van der Waals surface area contributed by atoms with Crippen molar-refractivity contribution in [2.45, 2.75) is 44.9 Å². The van der Waals surface area contributed by atoms with Crippen LogP contribution in [0.5, 0.6) is 0 Å². The molecular formula is C16H24N2O2. The molecule has 0 aromatic heterocycles. The van der Waals surface area contributed by atoms with Gasteiger partial charge in [-0.15, -0.1) is 0 Å². The van der Waals surface area contributed by atoms with Crippen molar-refractivity contribution >= 4 is 5.91 Å². The minimum absolute atomic E-state index is 0.0816. The molecule has 3 N–H and O–H groups in total. The maximum Gasteiger partial charge on any atom is 0.220 e. The molecule has 4 nitrogen and oxygen atoms in total. The van der Waals surface area contributed by atoms with E-state index in [-0.39, 0.29) is 11.8 Å². The Morgan fingerprint density at radius 2 is 2.00 bits per heavy atom. The largest absolute Gasteiger partial charge is 0.380 e. The van der Waals surface area contributed by atoms with Gasteiger partial charge in [-0.1, -0.05) is 24.3 Å². The van der Waals surface area contributed by atoms with Crippen LogP contribution in [0.1, 0.15) is 36.8 Å². The van der Waals surface area contributed by atoms with Crippen LogP contribution in [0, 0.1) is 5.92 Å². The average Bonchev–Trinajstić information content (AvgIpc) is 2.46. The van der Waals surface area contributed by atoms with Crippen molar-refractivity contribution in [1.29, 1.82) is 0 Å².